The number of hydrogen-bond donors (Lipinski definition) is 2. The van der Waals surface area contributed by atoms with Crippen LogP contribution in [0.15, 0.2) is 107 Å². The quantitative estimate of drug-likeness (QED) is 0.206. The summed E-state index contributed by atoms with van der Waals surface area (Å²) in [6.07, 6.45) is 1.45. The van der Waals surface area contributed by atoms with Crippen molar-refractivity contribution >= 4 is 27.8 Å². The summed E-state index contributed by atoms with van der Waals surface area (Å²) in [5.41, 5.74) is 4.51. The van der Waals surface area contributed by atoms with Crippen LogP contribution in [0.2, 0.25) is 0 Å². The van der Waals surface area contributed by atoms with E-state index in [1.54, 1.807) is 42.5 Å². The first kappa shape index (κ1) is 27.2. The Hall–Kier alpha value is -4.83. The molecule has 10 heteroatoms. The van der Waals surface area contributed by atoms with Gasteiger partial charge in [0.1, 0.15) is 12.4 Å². The van der Waals surface area contributed by atoms with Crippen molar-refractivity contribution in [3.05, 3.63) is 114 Å². The minimum atomic E-state index is -3.97. The van der Waals surface area contributed by atoms with E-state index in [9.17, 15) is 13.2 Å². The fourth-order valence-corrected chi connectivity index (χ4v) is 4.70. The second kappa shape index (κ2) is 12.6. The van der Waals surface area contributed by atoms with E-state index in [1.807, 2.05) is 30.3 Å². The summed E-state index contributed by atoms with van der Waals surface area (Å²) in [5.74, 6) is 0.885. The minimum absolute atomic E-state index is 0.0825. The fourth-order valence-electron chi connectivity index (χ4n) is 3.59. The van der Waals surface area contributed by atoms with E-state index < -0.39 is 15.9 Å². The molecule has 0 aliphatic carbocycles. The third kappa shape index (κ3) is 7.14. The molecule has 4 aromatic rings. The summed E-state index contributed by atoms with van der Waals surface area (Å²) in [6.45, 7) is 0.393. The lowest BCUT2D eigenvalue weighted by Crippen LogP contribution is -2.19. The number of carbonyl (C=O) groups is 1. The van der Waals surface area contributed by atoms with Crippen LogP contribution in [0.5, 0.6) is 17.2 Å². The molecule has 200 valence electrons. The van der Waals surface area contributed by atoms with Crippen LogP contribution in [0.1, 0.15) is 21.5 Å². The Balaban J connectivity index is 1.41. The molecule has 0 unspecified atom stereocenters. The molecule has 0 aliphatic heterocycles. The molecule has 0 saturated carbocycles. The predicted octanol–water partition coefficient (Wildman–Crippen LogP) is 4.85. The Morgan fingerprint density at radius 3 is 2.33 bits per heavy atom. The van der Waals surface area contributed by atoms with Gasteiger partial charge in [-0.2, -0.15) is 5.10 Å². The number of hydrazone groups is 1. The molecule has 2 N–H and O–H groups in total. The smallest absolute Gasteiger partial charge is 0.271 e. The van der Waals surface area contributed by atoms with Crippen molar-refractivity contribution in [2.75, 3.05) is 18.9 Å². The summed E-state index contributed by atoms with van der Waals surface area (Å²) in [6, 6.07) is 27.3. The molecule has 0 radical (unpaired) electrons. The van der Waals surface area contributed by atoms with E-state index in [0.717, 1.165) is 5.56 Å². The zero-order valence-corrected chi connectivity index (χ0v) is 22.1. The van der Waals surface area contributed by atoms with Crippen molar-refractivity contribution in [2.24, 2.45) is 5.10 Å². The highest BCUT2D eigenvalue weighted by atomic mass is 32.2. The van der Waals surface area contributed by atoms with Crippen LogP contribution in [0.25, 0.3) is 0 Å². The highest BCUT2D eigenvalue weighted by Crippen LogP contribution is 2.29. The van der Waals surface area contributed by atoms with Crippen LogP contribution >= 0.6 is 0 Å². The zero-order chi connectivity index (χ0) is 27.7. The van der Waals surface area contributed by atoms with E-state index in [2.05, 4.69) is 15.2 Å². The molecule has 0 spiro atoms. The molecule has 0 atom stereocenters. The predicted molar refractivity (Wildman–Crippen MR) is 149 cm³/mol. The summed E-state index contributed by atoms with van der Waals surface area (Å²) in [5, 5.41) is 4.00. The molecule has 0 aromatic heterocycles. The molecule has 0 bridgehead atoms. The average Bonchev–Trinajstić information content (AvgIpc) is 2.97. The van der Waals surface area contributed by atoms with Crippen molar-refractivity contribution < 1.29 is 27.4 Å². The maximum absolute atomic E-state index is 12.9. The normalized spacial score (nSPS) is 11.1. The van der Waals surface area contributed by atoms with Crippen LogP contribution in [0, 0.1) is 0 Å². The van der Waals surface area contributed by atoms with Gasteiger partial charge in [0.15, 0.2) is 11.5 Å². The van der Waals surface area contributed by atoms with E-state index in [0.29, 0.717) is 29.4 Å². The van der Waals surface area contributed by atoms with Gasteiger partial charge in [0.25, 0.3) is 15.9 Å². The van der Waals surface area contributed by atoms with E-state index in [4.69, 9.17) is 14.2 Å². The number of anilines is 1. The number of benzene rings is 4. The van der Waals surface area contributed by atoms with Crippen LogP contribution in [-0.2, 0) is 16.6 Å². The number of hydrogen-bond acceptors (Lipinski definition) is 7. The van der Waals surface area contributed by atoms with Crippen molar-refractivity contribution in [2.45, 2.75) is 11.5 Å². The van der Waals surface area contributed by atoms with Gasteiger partial charge in [0, 0.05) is 5.56 Å². The molecule has 0 aliphatic rings. The molecular formula is C29H27N3O6S. The average molecular weight is 546 g/mol. The molecule has 9 nitrogen and oxygen atoms in total. The first-order chi connectivity index (χ1) is 18.9. The molecule has 1 amide bonds. The number of ether oxygens (including phenoxy) is 3. The summed E-state index contributed by atoms with van der Waals surface area (Å²) < 4.78 is 44.8. The minimum Gasteiger partial charge on any atom is -0.495 e. The van der Waals surface area contributed by atoms with Crippen LogP contribution in [0.4, 0.5) is 5.69 Å². The van der Waals surface area contributed by atoms with Gasteiger partial charge in [-0.15, -0.1) is 0 Å². The van der Waals surface area contributed by atoms with Crippen molar-refractivity contribution in [1.29, 1.82) is 0 Å². The highest BCUT2D eigenvalue weighted by Gasteiger charge is 2.18. The Labute approximate surface area is 227 Å². The Kier molecular flexibility index (Phi) is 8.80. The van der Waals surface area contributed by atoms with E-state index in [1.165, 1.54) is 44.7 Å². The second-order valence-electron chi connectivity index (χ2n) is 8.22. The lowest BCUT2D eigenvalue weighted by Gasteiger charge is -2.12. The fraction of sp³-hybridized carbons (Fsp3) is 0.103. The summed E-state index contributed by atoms with van der Waals surface area (Å²) in [4.78, 5) is 12.6. The number of nitrogens with zero attached hydrogens (tertiary/aromatic N) is 1. The van der Waals surface area contributed by atoms with Gasteiger partial charge >= 0.3 is 0 Å². The lowest BCUT2D eigenvalue weighted by molar-refractivity contribution is 0.0955. The van der Waals surface area contributed by atoms with E-state index in [-0.39, 0.29) is 16.1 Å². The molecule has 0 saturated heterocycles. The SMILES string of the molecule is COc1ccccc1NS(=O)(=O)c1cccc(C(=O)N/N=C/c2ccc(OCc3ccccc3)c(OC)c2)c1. The van der Waals surface area contributed by atoms with E-state index >= 15 is 0 Å². The number of nitrogens with one attached hydrogen (secondary N) is 2. The van der Waals surface area contributed by atoms with Gasteiger partial charge in [-0.1, -0.05) is 48.5 Å². The molecular weight excluding hydrogens is 518 g/mol. The third-order valence-electron chi connectivity index (χ3n) is 5.56. The number of methoxy groups -OCH3 is 2. The Bertz CT molecular complexity index is 1570. The van der Waals surface area contributed by atoms with Crippen molar-refractivity contribution in [3.63, 3.8) is 0 Å². The Morgan fingerprint density at radius 2 is 1.56 bits per heavy atom. The molecule has 0 fully saturated rings. The summed E-state index contributed by atoms with van der Waals surface area (Å²) in [7, 11) is -0.988. The van der Waals surface area contributed by atoms with Gasteiger partial charge in [-0.25, -0.2) is 13.8 Å². The van der Waals surface area contributed by atoms with Crippen molar-refractivity contribution in [1.82, 2.24) is 5.43 Å². The largest absolute Gasteiger partial charge is 0.495 e. The van der Waals surface area contributed by atoms with Gasteiger partial charge in [0.05, 0.1) is 31.0 Å². The molecule has 39 heavy (non-hydrogen) atoms. The molecule has 0 heterocycles. The number of carbonyl (C=O) groups excluding carboxylic acids is 1. The number of para-hydroxylation sites is 2. The monoisotopic (exact) mass is 545 g/mol. The Morgan fingerprint density at radius 1 is 0.821 bits per heavy atom. The molecule has 4 rings (SSSR count). The van der Waals surface area contributed by atoms with Crippen LogP contribution in [-0.4, -0.2) is 34.8 Å². The maximum atomic E-state index is 12.9. The van der Waals surface area contributed by atoms with Crippen molar-refractivity contribution in [3.8, 4) is 17.2 Å². The topological polar surface area (TPSA) is 115 Å². The third-order valence-corrected chi connectivity index (χ3v) is 6.93. The number of sulfonamides is 1. The van der Waals surface area contributed by atoms with Gasteiger partial charge in [-0.3, -0.25) is 9.52 Å². The van der Waals surface area contributed by atoms with Crippen LogP contribution < -0.4 is 24.4 Å². The first-order valence-corrected chi connectivity index (χ1v) is 13.3. The highest BCUT2D eigenvalue weighted by molar-refractivity contribution is 7.92. The lowest BCUT2D eigenvalue weighted by atomic mass is 10.2. The second-order valence-corrected chi connectivity index (χ2v) is 9.90. The van der Waals surface area contributed by atoms with Crippen LogP contribution in [0.3, 0.4) is 0 Å². The maximum Gasteiger partial charge on any atom is 0.271 e. The number of amides is 1. The first-order valence-electron chi connectivity index (χ1n) is 11.8. The summed E-state index contributed by atoms with van der Waals surface area (Å²) >= 11 is 0. The van der Waals surface area contributed by atoms with Gasteiger partial charge in [-0.05, 0) is 59.7 Å². The molecule has 4 aromatic carbocycles. The standard InChI is InChI=1S/C29H27N3O6S/c1-36-26-14-7-6-13-25(26)32-39(34,35)24-12-8-11-23(18-24)29(33)31-30-19-22-15-16-27(28(17-22)37-2)38-20-21-9-4-3-5-10-21/h3-19,32H,20H2,1-2H3,(H,31,33)/b30-19+. The van der Waals surface area contributed by atoms with Gasteiger partial charge < -0.3 is 14.2 Å². The van der Waals surface area contributed by atoms with Gasteiger partial charge in [0.2, 0.25) is 0 Å². The number of rotatable bonds is 11. The zero-order valence-electron chi connectivity index (χ0n) is 21.3.